The summed E-state index contributed by atoms with van der Waals surface area (Å²) in [6, 6.07) is 8.91. The van der Waals surface area contributed by atoms with Crippen molar-refractivity contribution in [1.82, 2.24) is 4.90 Å². The molecule has 3 nitrogen and oxygen atoms in total. The molecule has 0 aromatic heterocycles. The highest BCUT2D eigenvalue weighted by Crippen LogP contribution is 2.36. The number of hydrogen-bond acceptors (Lipinski definition) is 3. The SMILES string of the molecule is NC1(c2cccc(CN3CCOCC3)c2)CCCC1. The second-order valence-electron chi connectivity index (χ2n) is 5.95. The predicted octanol–water partition coefficient (Wildman–Crippen LogP) is 2.25. The Labute approximate surface area is 115 Å². The highest BCUT2D eigenvalue weighted by atomic mass is 16.5. The van der Waals surface area contributed by atoms with Gasteiger partial charge < -0.3 is 10.5 Å². The lowest BCUT2D eigenvalue weighted by atomic mass is 9.88. The maximum atomic E-state index is 6.55. The molecule has 2 aliphatic rings. The smallest absolute Gasteiger partial charge is 0.0594 e. The molecule has 1 saturated carbocycles. The van der Waals surface area contributed by atoms with Crippen molar-refractivity contribution in [2.24, 2.45) is 5.73 Å². The lowest BCUT2D eigenvalue weighted by molar-refractivity contribution is 0.0342. The number of morpholine rings is 1. The Bertz CT molecular complexity index is 421. The van der Waals surface area contributed by atoms with Crippen molar-refractivity contribution in [3.05, 3.63) is 35.4 Å². The zero-order valence-electron chi connectivity index (χ0n) is 11.6. The monoisotopic (exact) mass is 260 g/mol. The van der Waals surface area contributed by atoms with Gasteiger partial charge in [-0.15, -0.1) is 0 Å². The van der Waals surface area contributed by atoms with Gasteiger partial charge in [0.05, 0.1) is 13.2 Å². The fraction of sp³-hybridized carbons (Fsp3) is 0.625. The summed E-state index contributed by atoms with van der Waals surface area (Å²) in [5.74, 6) is 0. The number of hydrogen-bond donors (Lipinski definition) is 1. The number of benzene rings is 1. The second kappa shape index (κ2) is 5.61. The van der Waals surface area contributed by atoms with Gasteiger partial charge in [-0.3, -0.25) is 4.90 Å². The van der Waals surface area contributed by atoms with Crippen LogP contribution >= 0.6 is 0 Å². The Balaban J connectivity index is 1.72. The Kier molecular flexibility index (Phi) is 3.87. The van der Waals surface area contributed by atoms with E-state index in [4.69, 9.17) is 10.5 Å². The number of nitrogens with zero attached hydrogens (tertiary/aromatic N) is 1. The molecular formula is C16H24N2O. The van der Waals surface area contributed by atoms with Crippen LogP contribution in [0.1, 0.15) is 36.8 Å². The molecule has 0 bridgehead atoms. The quantitative estimate of drug-likeness (QED) is 0.906. The van der Waals surface area contributed by atoms with Crippen LogP contribution in [0.25, 0.3) is 0 Å². The fourth-order valence-corrected chi connectivity index (χ4v) is 3.29. The molecule has 0 unspecified atom stereocenters. The number of nitrogens with two attached hydrogens (primary N) is 1. The molecule has 1 heterocycles. The van der Waals surface area contributed by atoms with Crippen LogP contribution in [0.15, 0.2) is 24.3 Å². The number of rotatable bonds is 3. The van der Waals surface area contributed by atoms with E-state index in [9.17, 15) is 0 Å². The maximum absolute atomic E-state index is 6.55. The molecule has 1 aliphatic heterocycles. The average molecular weight is 260 g/mol. The minimum atomic E-state index is -0.0684. The first-order valence-corrected chi connectivity index (χ1v) is 7.45. The largest absolute Gasteiger partial charge is 0.379 e. The summed E-state index contributed by atoms with van der Waals surface area (Å²) in [6.45, 7) is 4.82. The van der Waals surface area contributed by atoms with Gasteiger partial charge in [-0.25, -0.2) is 0 Å². The van der Waals surface area contributed by atoms with Crippen molar-refractivity contribution in [2.45, 2.75) is 37.8 Å². The van der Waals surface area contributed by atoms with Crippen molar-refractivity contribution in [1.29, 1.82) is 0 Å². The van der Waals surface area contributed by atoms with Crippen LogP contribution in [-0.4, -0.2) is 31.2 Å². The molecule has 1 saturated heterocycles. The lowest BCUT2D eigenvalue weighted by Crippen LogP contribution is -2.36. The van der Waals surface area contributed by atoms with Gasteiger partial charge in [-0.1, -0.05) is 37.1 Å². The van der Waals surface area contributed by atoms with Gasteiger partial charge in [0.25, 0.3) is 0 Å². The van der Waals surface area contributed by atoms with Gasteiger partial charge in [0.2, 0.25) is 0 Å². The van der Waals surface area contributed by atoms with Crippen LogP contribution < -0.4 is 5.73 Å². The van der Waals surface area contributed by atoms with E-state index < -0.39 is 0 Å². The van der Waals surface area contributed by atoms with Gasteiger partial charge in [0.1, 0.15) is 0 Å². The van der Waals surface area contributed by atoms with E-state index in [2.05, 4.69) is 29.2 Å². The standard InChI is InChI=1S/C16H24N2O/c17-16(6-1-2-7-16)15-5-3-4-14(12-15)13-18-8-10-19-11-9-18/h3-5,12H,1-2,6-11,13,17H2. The van der Waals surface area contributed by atoms with Crippen molar-refractivity contribution in [2.75, 3.05) is 26.3 Å². The van der Waals surface area contributed by atoms with Crippen molar-refractivity contribution in [3.8, 4) is 0 Å². The van der Waals surface area contributed by atoms with E-state index in [1.807, 2.05) is 0 Å². The molecular weight excluding hydrogens is 236 g/mol. The van der Waals surface area contributed by atoms with E-state index in [0.29, 0.717) is 0 Å². The van der Waals surface area contributed by atoms with E-state index in [-0.39, 0.29) is 5.54 Å². The summed E-state index contributed by atoms with van der Waals surface area (Å²) >= 11 is 0. The minimum absolute atomic E-state index is 0.0684. The molecule has 1 aromatic rings. The molecule has 19 heavy (non-hydrogen) atoms. The fourth-order valence-electron chi connectivity index (χ4n) is 3.29. The second-order valence-corrected chi connectivity index (χ2v) is 5.95. The summed E-state index contributed by atoms with van der Waals surface area (Å²) in [5.41, 5.74) is 9.20. The Morgan fingerprint density at radius 2 is 1.89 bits per heavy atom. The maximum Gasteiger partial charge on any atom is 0.0594 e. The zero-order chi connectivity index (χ0) is 13.1. The predicted molar refractivity (Wildman–Crippen MR) is 76.9 cm³/mol. The highest BCUT2D eigenvalue weighted by Gasteiger charge is 2.31. The van der Waals surface area contributed by atoms with Crippen molar-refractivity contribution >= 4 is 0 Å². The summed E-state index contributed by atoms with van der Waals surface area (Å²) in [6.07, 6.45) is 4.80. The third-order valence-corrected chi connectivity index (χ3v) is 4.51. The van der Waals surface area contributed by atoms with Crippen LogP contribution in [0.5, 0.6) is 0 Å². The van der Waals surface area contributed by atoms with Crippen molar-refractivity contribution < 1.29 is 4.74 Å². The van der Waals surface area contributed by atoms with Crippen LogP contribution in [0.4, 0.5) is 0 Å². The van der Waals surface area contributed by atoms with E-state index in [0.717, 1.165) is 45.7 Å². The summed E-state index contributed by atoms with van der Waals surface area (Å²) < 4.78 is 5.40. The lowest BCUT2D eigenvalue weighted by Gasteiger charge is -2.28. The minimum Gasteiger partial charge on any atom is -0.379 e. The third-order valence-electron chi connectivity index (χ3n) is 4.51. The highest BCUT2D eigenvalue weighted by molar-refractivity contribution is 5.30. The normalized spacial score (nSPS) is 23.6. The van der Waals surface area contributed by atoms with Crippen LogP contribution in [0, 0.1) is 0 Å². The molecule has 3 heteroatoms. The Hall–Kier alpha value is -0.900. The van der Waals surface area contributed by atoms with Crippen LogP contribution in [0.2, 0.25) is 0 Å². The summed E-state index contributed by atoms with van der Waals surface area (Å²) in [5, 5.41) is 0. The topological polar surface area (TPSA) is 38.5 Å². The van der Waals surface area contributed by atoms with Gasteiger partial charge >= 0.3 is 0 Å². The molecule has 1 aromatic carbocycles. The Morgan fingerprint density at radius 1 is 1.16 bits per heavy atom. The van der Waals surface area contributed by atoms with Crippen LogP contribution in [-0.2, 0) is 16.8 Å². The first-order chi connectivity index (χ1) is 9.26. The van der Waals surface area contributed by atoms with E-state index in [1.54, 1.807) is 0 Å². The van der Waals surface area contributed by atoms with Crippen LogP contribution in [0.3, 0.4) is 0 Å². The summed E-state index contributed by atoms with van der Waals surface area (Å²) in [7, 11) is 0. The first kappa shape index (κ1) is 13.1. The molecule has 104 valence electrons. The first-order valence-electron chi connectivity index (χ1n) is 7.45. The third kappa shape index (κ3) is 2.99. The molecule has 0 radical (unpaired) electrons. The molecule has 2 N–H and O–H groups in total. The van der Waals surface area contributed by atoms with Gasteiger partial charge in [0, 0.05) is 25.2 Å². The van der Waals surface area contributed by atoms with Gasteiger partial charge in [-0.05, 0) is 24.0 Å². The van der Waals surface area contributed by atoms with E-state index >= 15 is 0 Å². The molecule has 1 aliphatic carbocycles. The molecule has 3 rings (SSSR count). The molecule has 0 amide bonds. The molecule has 2 fully saturated rings. The van der Waals surface area contributed by atoms with E-state index in [1.165, 1.54) is 24.0 Å². The average Bonchev–Trinajstić information content (AvgIpc) is 2.89. The summed E-state index contributed by atoms with van der Waals surface area (Å²) in [4.78, 5) is 2.46. The molecule has 0 atom stereocenters. The molecule has 0 spiro atoms. The van der Waals surface area contributed by atoms with Gasteiger partial charge in [-0.2, -0.15) is 0 Å². The zero-order valence-corrected chi connectivity index (χ0v) is 11.6. The number of ether oxygens (including phenoxy) is 1. The van der Waals surface area contributed by atoms with Gasteiger partial charge in [0.15, 0.2) is 0 Å². The Morgan fingerprint density at radius 3 is 2.63 bits per heavy atom. The van der Waals surface area contributed by atoms with Crippen molar-refractivity contribution in [3.63, 3.8) is 0 Å².